The van der Waals surface area contributed by atoms with E-state index >= 15 is 0 Å². The minimum Gasteiger partial charge on any atom is -0.493 e. The molecule has 0 aliphatic carbocycles. The number of benzene rings is 2. The van der Waals surface area contributed by atoms with Gasteiger partial charge in [0, 0.05) is 35.9 Å². The van der Waals surface area contributed by atoms with E-state index in [1.54, 1.807) is 22.8 Å². The molecule has 33 heavy (non-hydrogen) atoms. The van der Waals surface area contributed by atoms with E-state index in [1.165, 1.54) is 51.0 Å². The summed E-state index contributed by atoms with van der Waals surface area (Å²) < 4.78 is 12.3. The zero-order chi connectivity index (χ0) is 23.4. The Balaban J connectivity index is 1.85. The summed E-state index contributed by atoms with van der Waals surface area (Å²) >= 11 is 0. The molecule has 1 N–H and O–H groups in total. The van der Waals surface area contributed by atoms with Crippen molar-refractivity contribution in [1.82, 2.24) is 9.55 Å². The van der Waals surface area contributed by atoms with E-state index in [9.17, 15) is 14.4 Å². The first-order valence-corrected chi connectivity index (χ1v) is 10.1. The van der Waals surface area contributed by atoms with Crippen LogP contribution in [-0.4, -0.2) is 35.5 Å². The molecular weight excluding hydrogens is 422 g/mol. The average Bonchev–Trinajstić information content (AvgIpc) is 2.85. The van der Waals surface area contributed by atoms with Crippen molar-refractivity contribution in [3.63, 3.8) is 0 Å². The van der Waals surface area contributed by atoms with E-state index in [1.807, 2.05) is 18.2 Å². The lowest BCUT2D eigenvalue weighted by Gasteiger charge is -2.16. The van der Waals surface area contributed by atoms with Crippen molar-refractivity contribution in [3.8, 4) is 11.5 Å². The SMILES string of the molecule is COc1cc2c(=O)c(C(=O)c3ccncc3)cn(CC(=O)Nc3ccccc3)c2cc1OC. The van der Waals surface area contributed by atoms with Gasteiger partial charge in [0.15, 0.2) is 17.3 Å². The van der Waals surface area contributed by atoms with Crippen molar-refractivity contribution in [2.75, 3.05) is 19.5 Å². The highest BCUT2D eigenvalue weighted by Crippen LogP contribution is 2.31. The lowest BCUT2D eigenvalue weighted by atomic mass is 10.0. The minimum atomic E-state index is -0.465. The average molecular weight is 443 g/mol. The third-order valence-electron chi connectivity index (χ3n) is 5.14. The van der Waals surface area contributed by atoms with Crippen LogP contribution < -0.4 is 20.2 Å². The molecule has 1 amide bonds. The van der Waals surface area contributed by atoms with E-state index in [4.69, 9.17) is 9.47 Å². The van der Waals surface area contributed by atoms with Gasteiger partial charge in [0.1, 0.15) is 6.54 Å². The van der Waals surface area contributed by atoms with E-state index in [0.717, 1.165) is 0 Å². The third-order valence-corrected chi connectivity index (χ3v) is 5.14. The molecule has 166 valence electrons. The maximum atomic E-state index is 13.3. The number of nitrogens with zero attached hydrogens (tertiary/aromatic N) is 2. The number of rotatable bonds is 7. The standard InChI is InChI=1S/C25H21N3O5/c1-32-21-12-18-20(13-22(21)33-2)28(15-23(29)27-17-6-4-3-5-7-17)14-19(25(18)31)24(30)16-8-10-26-11-9-16/h3-14H,15H2,1-2H3,(H,27,29). The molecule has 0 unspecified atom stereocenters. The van der Waals surface area contributed by atoms with Crippen LogP contribution in [0.1, 0.15) is 15.9 Å². The number of para-hydroxylation sites is 1. The van der Waals surface area contributed by atoms with Gasteiger partial charge in [-0.2, -0.15) is 0 Å². The summed E-state index contributed by atoms with van der Waals surface area (Å²) in [5.74, 6) is -0.0368. The Morgan fingerprint density at radius 1 is 0.970 bits per heavy atom. The van der Waals surface area contributed by atoms with Crippen LogP contribution in [0, 0.1) is 0 Å². The Labute approximate surface area is 189 Å². The molecule has 0 saturated heterocycles. The minimum absolute atomic E-state index is 0.0616. The molecule has 2 heterocycles. The van der Waals surface area contributed by atoms with E-state index < -0.39 is 11.2 Å². The second-order valence-electron chi connectivity index (χ2n) is 7.20. The molecule has 2 aromatic heterocycles. The van der Waals surface area contributed by atoms with Crippen LogP contribution in [0.4, 0.5) is 5.69 Å². The topological polar surface area (TPSA) is 99.5 Å². The summed E-state index contributed by atoms with van der Waals surface area (Å²) in [6.45, 7) is -0.127. The Hall–Kier alpha value is -4.46. The first-order valence-electron chi connectivity index (χ1n) is 10.1. The monoisotopic (exact) mass is 443 g/mol. The Morgan fingerprint density at radius 2 is 1.64 bits per heavy atom. The van der Waals surface area contributed by atoms with E-state index in [0.29, 0.717) is 28.3 Å². The fourth-order valence-electron chi connectivity index (χ4n) is 3.54. The molecule has 4 rings (SSSR count). The van der Waals surface area contributed by atoms with Gasteiger partial charge >= 0.3 is 0 Å². The number of carbonyl (C=O) groups excluding carboxylic acids is 2. The second kappa shape index (κ2) is 9.35. The number of fused-ring (bicyclic) bond motifs is 1. The van der Waals surface area contributed by atoms with Gasteiger partial charge in [-0.05, 0) is 30.3 Å². The summed E-state index contributed by atoms with van der Waals surface area (Å²) in [5, 5.41) is 3.05. The van der Waals surface area contributed by atoms with Gasteiger partial charge in [-0.15, -0.1) is 0 Å². The fourth-order valence-corrected chi connectivity index (χ4v) is 3.54. The van der Waals surface area contributed by atoms with Crippen molar-refractivity contribution in [2.24, 2.45) is 0 Å². The fraction of sp³-hybridized carbons (Fsp3) is 0.120. The quantitative estimate of drug-likeness (QED) is 0.440. The van der Waals surface area contributed by atoms with Crippen LogP contribution in [0.15, 0.2) is 78.0 Å². The number of ether oxygens (including phenoxy) is 2. The molecule has 0 saturated carbocycles. The first kappa shape index (κ1) is 21.8. The third kappa shape index (κ3) is 4.45. The van der Waals surface area contributed by atoms with Crippen LogP contribution in [0.3, 0.4) is 0 Å². The van der Waals surface area contributed by atoms with Crippen molar-refractivity contribution >= 4 is 28.3 Å². The molecule has 0 aliphatic heterocycles. The number of amides is 1. The van der Waals surface area contributed by atoms with Gasteiger partial charge < -0.3 is 19.4 Å². The highest BCUT2D eigenvalue weighted by atomic mass is 16.5. The van der Waals surface area contributed by atoms with Crippen molar-refractivity contribution < 1.29 is 19.1 Å². The summed E-state index contributed by atoms with van der Waals surface area (Å²) in [7, 11) is 2.94. The van der Waals surface area contributed by atoms with Gasteiger partial charge in [0.25, 0.3) is 0 Å². The Bertz CT molecular complexity index is 1380. The van der Waals surface area contributed by atoms with Gasteiger partial charge in [-0.1, -0.05) is 18.2 Å². The van der Waals surface area contributed by atoms with Gasteiger partial charge in [-0.25, -0.2) is 0 Å². The molecule has 0 spiro atoms. The smallest absolute Gasteiger partial charge is 0.244 e. The molecule has 0 bridgehead atoms. The normalized spacial score (nSPS) is 10.6. The van der Waals surface area contributed by atoms with Crippen LogP contribution in [-0.2, 0) is 11.3 Å². The van der Waals surface area contributed by atoms with Crippen molar-refractivity contribution in [1.29, 1.82) is 0 Å². The second-order valence-corrected chi connectivity index (χ2v) is 7.20. The number of nitrogens with one attached hydrogen (secondary N) is 1. The predicted molar refractivity (Wildman–Crippen MR) is 124 cm³/mol. The first-order chi connectivity index (χ1) is 16.0. The maximum Gasteiger partial charge on any atom is 0.244 e. The summed E-state index contributed by atoms with van der Waals surface area (Å²) in [4.78, 5) is 43.1. The number of methoxy groups -OCH3 is 2. The number of hydrogen-bond acceptors (Lipinski definition) is 6. The number of hydrogen-bond donors (Lipinski definition) is 1. The number of anilines is 1. The number of aromatic nitrogens is 2. The van der Waals surface area contributed by atoms with Crippen molar-refractivity contribution in [3.05, 3.63) is 94.5 Å². The molecule has 0 fully saturated rings. The Kier molecular flexibility index (Phi) is 6.17. The summed E-state index contributed by atoms with van der Waals surface area (Å²) in [5.41, 5.74) is 0.871. The van der Waals surface area contributed by atoms with Crippen LogP contribution in [0.25, 0.3) is 10.9 Å². The van der Waals surface area contributed by atoms with Gasteiger partial charge in [0.05, 0.1) is 30.7 Å². The van der Waals surface area contributed by atoms with Gasteiger partial charge in [0.2, 0.25) is 11.3 Å². The number of ketones is 1. The highest BCUT2D eigenvalue weighted by molar-refractivity contribution is 6.10. The molecule has 0 aliphatic rings. The molecule has 0 atom stereocenters. The zero-order valence-corrected chi connectivity index (χ0v) is 18.1. The highest BCUT2D eigenvalue weighted by Gasteiger charge is 2.20. The van der Waals surface area contributed by atoms with E-state index in [-0.39, 0.29) is 23.4 Å². The van der Waals surface area contributed by atoms with E-state index in [2.05, 4.69) is 10.3 Å². The predicted octanol–water partition coefficient (Wildman–Crippen LogP) is 3.28. The van der Waals surface area contributed by atoms with Gasteiger partial charge in [-0.3, -0.25) is 19.4 Å². The maximum absolute atomic E-state index is 13.3. The van der Waals surface area contributed by atoms with Crippen molar-refractivity contribution in [2.45, 2.75) is 6.54 Å². The largest absolute Gasteiger partial charge is 0.493 e. The molecule has 4 aromatic rings. The molecule has 2 aromatic carbocycles. The lowest BCUT2D eigenvalue weighted by molar-refractivity contribution is -0.116. The van der Waals surface area contributed by atoms with Crippen LogP contribution in [0.5, 0.6) is 11.5 Å². The van der Waals surface area contributed by atoms with Crippen LogP contribution >= 0.6 is 0 Å². The number of pyridine rings is 2. The van der Waals surface area contributed by atoms with Crippen LogP contribution in [0.2, 0.25) is 0 Å². The summed E-state index contributed by atoms with van der Waals surface area (Å²) in [6.07, 6.45) is 4.37. The zero-order valence-electron chi connectivity index (χ0n) is 18.1. The molecule has 8 nitrogen and oxygen atoms in total. The lowest BCUT2D eigenvalue weighted by Crippen LogP contribution is -2.24. The molecule has 0 radical (unpaired) electrons. The molecule has 8 heteroatoms. The molecular formula is C25H21N3O5. The Morgan fingerprint density at radius 3 is 2.30 bits per heavy atom. The summed E-state index contributed by atoms with van der Waals surface area (Å²) in [6, 6.07) is 15.2. The number of carbonyl (C=O) groups is 2.